The van der Waals surface area contributed by atoms with Crippen LogP contribution in [0.5, 0.6) is 0 Å². The Morgan fingerprint density at radius 1 is 1.10 bits per heavy atom. The second kappa shape index (κ2) is 7.99. The quantitative estimate of drug-likeness (QED) is 0.669. The molecule has 1 aliphatic heterocycles. The zero-order valence-electron chi connectivity index (χ0n) is 16.8. The fourth-order valence-corrected chi connectivity index (χ4v) is 3.96. The Bertz CT molecular complexity index is 1070. The maximum absolute atomic E-state index is 12.9. The number of hydrogen-bond donors (Lipinski definition) is 1. The predicted octanol–water partition coefficient (Wildman–Crippen LogP) is 4.43. The first-order valence-corrected chi connectivity index (χ1v) is 10.0. The fourth-order valence-electron chi connectivity index (χ4n) is 3.96. The molecule has 0 atom stereocenters. The number of carbonyl (C=O) groups is 2. The van der Waals surface area contributed by atoms with Crippen molar-refractivity contribution in [2.45, 2.75) is 33.4 Å². The molecule has 0 aliphatic carbocycles. The Kier molecular flexibility index (Phi) is 5.25. The number of esters is 1. The molecule has 2 aromatic carbocycles. The molecule has 1 N–H and O–H groups in total. The van der Waals surface area contributed by atoms with Gasteiger partial charge in [0.05, 0.1) is 12.2 Å². The SMILES string of the molecule is CCOC(=O)c1cccc(NC(=O)N2CCc3cn(CC)c4cccc(c34)C2)c1. The third-order valence-electron chi connectivity index (χ3n) is 5.34. The van der Waals surface area contributed by atoms with Gasteiger partial charge in [0.25, 0.3) is 0 Å². The molecular formula is C23H25N3O3. The molecule has 29 heavy (non-hydrogen) atoms. The van der Waals surface area contributed by atoms with E-state index in [1.165, 1.54) is 16.5 Å². The van der Waals surface area contributed by atoms with E-state index in [1.54, 1.807) is 31.2 Å². The first-order chi connectivity index (χ1) is 14.1. The Morgan fingerprint density at radius 3 is 2.72 bits per heavy atom. The lowest BCUT2D eigenvalue weighted by Gasteiger charge is -2.22. The van der Waals surface area contributed by atoms with Crippen LogP contribution in [0.1, 0.15) is 35.3 Å². The van der Waals surface area contributed by atoms with Gasteiger partial charge in [-0.15, -0.1) is 0 Å². The monoisotopic (exact) mass is 391 g/mol. The van der Waals surface area contributed by atoms with E-state index in [0.717, 1.165) is 18.5 Å². The van der Waals surface area contributed by atoms with Crippen LogP contribution in [-0.4, -0.2) is 34.6 Å². The Morgan fingerprint density at radius 2 is 1.93 bits per heavy atom. The molecule has 1 aromatic heterocycles. The summed E-state index contributed by atoms with van der Waals surface area (Å²) in [7, 11) is 0. The van der Waals surface area contributed by atoms with Gasteiger partial charge in [0.15, 0.2) is 0 Å². The first-order valence-electron chi connectivity index (χ1n) is 10.0. The number of nitrogens with zero attached hydrogens (tertiary/aromatic N) is 2. The lowest BCUT2D eigenvalue weighted by molar-refractivity contribution is 0.0526. The van der Waals surface area contributed by atoms with E-state index in [1.807, 2.05) is 4.90 Å². The van der Waals surface area contributed by atoms with E-state index in [4.69, 9.17) is 4.74 Å². The Hall–Kier alpha value is -3.28. The summed E-state index contributed by atoms with van der Waals surface area (Å²) in [5.74, 6) is -0.391. The van der Waals surface area contributed by atoms with Crippen LogP contribution in [0.15, 0.2) is 48.7 Å². The molecule has 6 nitrogen and oxygen atoms in total. The van der Waals surface area contributed by atoms with E-state index < -0.39 is 5.97 Å². The number of ether oxygens (including phenoxy) is 1. The zero-order chi connectivity index (χ0) is 20.4. The molecule has 0 unspecified atom stereocenters. The number of aryl methyl sites for hydroxylation is 1. The van der Waals surface area contributed by atoms with Gasteiger partial charge in [0, 0.05) is 42.4 Å². The van der Waals surface area contributed by atoms with Crippen molar-refractivity contribution in [2.75, 3.05) is 18.5 Å². The number of carbonyl (C=O) groups excluding carboxylic acids is 2. The first kappa shape index (κ1) is 19.1. The summed E-state index contributed by atoms with van der Waals surface area (Å²) in [5.41, 5.74) is 4.69. The predicted molar refractivity (Wildman–Crippen MR) is 113 cm³/mol. The van der Waals surface area contributed by atoms with Gasteiger partial charge >= 0.3 is 12.0 Å². The lowest BCUT2D eigenvalue weighted by atomic mass is 10.1. The smallest absolute Gasteiger partial charge is 0.338 e. The average Bonchev–Trinajstić information content (AvgIpc) is 2.98. The van der Waals surface area contributed by atoms with Gasteiger partial charge in [0.1, 0.15) is 0 Å². The summed E-state index contributed by atoms with van der Waals surface area (Å²) >= 11 is 0. The number of aromatic nitrogens is 1. The maximum atomic E-state index is 12.9. The molecule has 0 radical (unpaired) electrons. The minimum Gasteiger partial charge on any atom is -0.462 e. The van der Waals surface area contributed by atoms with Gasteiger partial charge in [-0.1, -0.05) is 18.2 Å². The number of hydrogen-bond acceptors (Lipinski definition) is 3. The standard InChI is InChI=1S/C23H25N3O3/c1-3-25-14-18-11-12-26(15-17-8-6-10-20(25)21(17)18)23(28)24-19-9-5-7-16(13-19)22(27)29-4-2/h5-10,13-14H,3-4,11-12,15H2,1-2H3,(H,24,28). The molecule has 0 bridgehead atoms. The average molecular weight is 391 g/mol. The fraction of sp³-hybridized carbons (Fsp3) is 0.304. The summed E-state index contributed by atoms with van der Waals surface area (Å²) < 4.78 is 7.30. The van der Waals surface area contributed by atoms with E-state index in [9.17, 15) is 9.59 Å². The van der Waals surface area contributed by atoms with Crippen LogP contribution in [0.25, 0.3) is 10.9 Å². The van der Waals surface area contributed by atoms with Crippen molar-refractivity contribution >= 4 is 28.6 Å². The van der Waals surface area contributed by atoms with Gasteiger partial charge in [0.2, 0.25) is 0 Å². The number of benzene rings is 2. The summed E-state index contributed by atoms with van der Waals surface area (Å²) in [6.07, 6.45) is 3.02. The third kappa shape index (κ3) is 3.70. The number of amides is 2. The third-order valence-corrected chi connectivity index (χ3v) is 5.34. The van der Waals surface area contributed by atoms with Crippen LogP contribution in [0, 0.1) is 0 Å². The zero-order valence-corrected chi connectivity index (χ0v) is 16.8. The van der Waals surface area contributed by atoms with Crippen molar-refractivity contribution in [3.63, 3.8) is 0 Å². The summed E-state index contributed by atoms with van der Waals surface area (Å²) in [5, 5.41) is 4.20. The molecule has 150 valence electrons. The van der Waals surface area contributed by atoms with E-state index >= 15 is 0 Å². The van der Waals surface area contributed by atoms with Crippen molar-refractivity contribution in [3.05, 3.63) is 65.4 Å². The van der Waals surface area contributed by atoms with E-state index in [0.29, 0.717) is 30.9 Å². The van der Waals surface area contributed by atoms with Crippen LogP contribution in [0.2, 0.25) is 0 Å². The summed E-state index contributed by atoms with van der Waals surface area (Å²) in [6, 6.07) is 13.0. The molecule has 2 heterocycles. The van der Waals surface area contributed by atoms with Crippen molar-refractivity contribution < 1.29 is 14.3 Å². The van der Waals surface area contributed by atoms with Gasteiger partial charge < -0.3 is 19.5 Å². The Labute approximate surface area is 170 Å². The summed E-state index contributed by atoms with van der Waals surface area (Å²) in [6.45, 7) is 6.36. The van der Waals surface area contributed by atoms with Crippen LogP contribution in [0.4, 0.5) is 10.5 Å². The van der Waals surface area contributed by atoms with Crippen LogP contribution < -0.4 is 5.32 Å². The second-order valence-corrected chi connectivity index (χ2v) is 7.15. The van der Waals surface area contributed by atoms with E-state index in [-0.39, 0.29) is 6.03 Å². The molecular weight excluding hydrogens is 366 g/mol. The molecule has 4 rings (SSSR count). The summed E-state index contributed by atoms with van der Waals surface area (Å²) in [4.78, 5) is 26.7. The highest BCUT2D eigenvalue weighted by Crippen LogP contribution is 2.29. The maximum Gasteiger partial charge on any atom is 0.338 e. The minimum atomic E-state index is -0.391. The number of rotatable bonds is 4. The van der Waals surface area contributed by atoms with E-state index in [2.05, 4.69) is 41.2 Å². The lowest BCUT2D eigenvalue weighted by Crippen LogP contribution is -2.35. The van der Waals surface area contributed by atoms with Crippen LogP contribution in [0.3, 0.4) is 0 Å². The van der Waals surface area contributed by atoms with Crippen molar-refractivity contribution in [1.29, 1.82) is 0 Å². The molecule has 0 saturated carbocycles. The molecule has 6 heteroatoms. The van der Waals surface area contributed by atoms with Crippen LogP contribution in [-0.2, 0) is 24.2 Å². The van der Waals surface area contributed by atoms with Gasteiger partial charge in [-0.2, -0.15) is 0 Å². The molecule has 0 spiro atoms. The largest absolute Gasteiger partial charge is 0.462 e. The molecule has 0 fully saturated rings. The highest BCUT2D eigenvalue weighted by atomic mass is 16.5. The molecule has 3 aromatic rings. The Balaban J connectivity index is 1.54. The van der Waals surface area contributed by atoms with Gasteiger partial charge in [-0.3, -0.25) is 0 Å². The van der Waals surface area contributed by atoms with Crippen LogP contribution >= 0.6 is 0 Å². The highest BCUT2D eigenvalue weighted by molar-refractivity contribution is 5.94. The number of anilines is 1. The highest BCUT2D eigenvalue weighted by Gasteiger charge is 2.22. The normalized spacial score (nSPS) is 13.2. The van der Waals surface area contributed by atoms with Crippen molar-refractivity contribution in [2.24, 2.45) is 0 Å². The van der Waals surface area contributed by atoms with Gasteiger partial charge in [-0.05, 0) is 55.7 Å². The number of nitrogens with one attached hydrogen (secondary N) is 1. The molecule has 0 saturated heterocycles. The molecule has 1 aliphatic rings. The van der Waals surface area contributed by atoms with Crippen molar-refractivity contribution in [3.8, 4) is 0 Å². The topological polar surface area (TPSA) is 63.6 Å². The van der Waals surface area contributed by atoms with Crippen molar-refractivity contribution in [1.82, 2.24) is 9.47 Å². The second-order valence-electron chi connectivity index (χ2n) is 7.15. The number of urea groups is 1. The minimum absolute atomic E-state index is 0.170. The molecule has 2 amide bonds. The van der Waals surface area contributed by atoms with Gasteiger partial charge in [-0.25, -0.2) is 9.59 Å².